The van der Waals surface area contributed by atoms with Gasteiger partial charge in [-0.1, -0.05) is 6.07 Å². The number of benzene rings is 1. The van der Waals surface area contributed by atoms with Gasteiger partial charge in [0.15, 0.2) is 11.5 Å². The number of carboxylic acid groups (broad SMARTS) is 1. The van der Waals surface area contributed by atoms with Crippen molar-refractivity contribution in [2.45, 2.75) is 38.1 Å². The standard InChI is InChI=1S/C17H21NO5/c19-16(18-8-2-4-13(18)17(20)21)5-1-3-12-6-7-14-15(11-12)23-10-9-22-14/h6-7,11,13H,1-5,8-10H2,(H,20,21). The number of nitrogens with zero attached hydrogens (tertiary/aromatic N) is 1. The zero-order valence-corrected chi connectivity index (χ0v) is 13.0. The summed E-state index contributed by atoms with van der Waals surface area (Å²) < 4.78 is 11.0. The average Bonchev–Trinajstić information content (AvgIpc) is 3.04. The topological polar surface area (TPSA) is 76.1 Å². The van der Waals surface area contributed by atoms with Crippen LogP contribution in [0.1, 0.15) is 31.2 Å². The monoisotopic (exact) mass is 319 g/mol. The van der Waals surface area contributed by atoms with Crippen LogP contribution in [0, 0.1) is 0 Å². The highest BCUT2D eigenvalue weighted by molar-refractivity contribution is 5.84. The molecule has 1 atom stereocenters. The normalized spacial score (nSPS) is 19.7. The summed E-state index contributed by atoms with van der Waals surface area (Å²) in [5, 5.41) is 9.13. The first kappa shape index (κ1) is 15.6. The van der Waals surface area contributed by atoms with Crippen LogP contribution in [0.15, 0.2) is 18.2 Å². The van der Waals surface area contributed by atoms with Crippen LogP contribution in [0.25, 0.3) is 0 Å². The third-order valence-corrected chi connectivity index (χ3v) is 4.32. The first-order valence-corrected chi connectivity index (χ1v) is 8.06. The Balaban J connectivity index is 1.51. The molecule has 124 valence electrons. The van der Waals surface area contributed by atoms with E-state index in [2.05, 4.69) is 0 Å². The number of aliphatic carboxylic acids is 1. The number of fused-ring (bicyclic) bond motifs is 1. The number of carbonyl (C=O) groups excluding carboxylic acids is 1. The van der Waals surface area contributed by atoms with Gasteiger partial charge in [0.2, 0.25) is 5.91 Å². The van der Waals surface area contributed by atoms with E-state index >= 15 is 0 Å². The molecule has 23 heavy (non-hydrogen) atoms. The van der Waals surface area contributed by atoms with Crippen molar-refractivity contribution >= 4 is 11.9 Å². The highest BCUT2D eigenvalue weighted by Crippen LogP contribution is 2.31. The highest BCUT2D eigenvalue weighted by Gasteiger charge is 2.33. The van der Waals surface area contributed by atoms with Crippen molar-refractivity contribution in [2.24, 2.45) is 0 Å². The lowest BCUT2D eigenvalue weighted by Gasteiger charge is -2.21. The Morgan fingerprint density at radius 1 is 1.22 bits per heavy atom. The number of rotatable bonds is 5. The molecule has 2 heterocycles. The van der Waals surface area contributed by atoms with E-state index in [0.29, 0.717) is 39.0 Å². The summed E-state index contributed by atoms with van der Waals surface area (Å²) in [6.45, 7) is 1.68. The van der Waals surface area contributed by atoms with Crippen molar-refractivity contribution < 1.29 is 24.2 Å². The maximum absolute atomic E-state index is 12.2. The van der Waals surface area contributed by atoms with Gasteiger partial charge in [0, 0.05) is 13.0 Å². The molecule has 0 radical (unpaired) electrons. The van der Waals surface area contributed by atoms with E-state index < -0.39 is 12.0 Å². The maximum atomic E-state index is 12.2. The van der Waals surface area contributed by atoms with Crippen molar-refractivity contribution in [3.05, 3.63) is 23.8 Å². The van der Waals surface area contributed by atoms with Crippen LogP contribution in [0.4, 0.5) is 0 Å². The van der Waals surface area contributed by atoms with E-state index in [9.17, 15) is 9.59 Å². The largest absolute Gasteiger partial charge is 0.486 e. The maximum Gasteiger partial charge on any atom is 0.326 e. The predicted octanol–water partition coefficient (Wildman–Crippen LogP) is 1.86. The molecule has 1 aromatic carbocycles. The van der Waals surface area contributed by atoms with E-state index in [1.54, 1.807) is 0 Å². The minimum atomic E-state index is -0.900. The molecule has 0 aromatic heterocycles. The second-order valence-electron chi connectivity index (χ2n) is 5.91. The molecule has 1 N–H and O–H groups in total. The predicted molar refractivity (Wildman–Crippen MR) is 82.7 cm³/mol. The minimum absolute atomic E-state index is 0.0626. The Morgan fingerprint density at radius 2 is 2.00 bits per heavy atom. The van der Waals surface area contributed by atoms with Crippen LogP contribution in [0.3, 0.4) is 0 Å². The van der Waals surface area contributed by atoms with Gasteiger partial charge in [-0.3, -0.25) is 4.79 Å². The molecule has 1 fully saturated rings. The Hall–Kier alpha value is -2.24. The Morgan fingerprint density at radius 3 is 2.78 bits per heavy atom. The molecule has 6 nitrogen and oxygen atoms in total. The first-order chi connectivity index (χ1) is 11.1. The number of likely N-dealkylation sites (tertiary alicyclic amines) is 1. The van der Waals surface area contributed by atoms with Crippen molar-refractivity contribution in [3.63, 3.8) is 0 Å². The summed E-state index contributed by atoms with van der Waals surface area (Å²) in [5.74, 6) is 0.554. The molecular weight excluding hydrogens is 298 g/mol. The highest BCUT2D eigenvalue weighted by atomic mass is 16.6. The summed E-state index contributed by atoms with van der Waals surface area (Å²) in [6.07, 6.45) is 3.15. The lowest BCUT2D eigenvalue weighted by molar-refractivity contribution is -0.148. The molecular formula is C17H21NO5. The van der Waals surface area contributed by atoms with Gasteiger partial charge in [-0.05, 0) is 43.4 Å². The van der Waals surface area contributed by atoms with Crippen molar-refractivity contribution in [2.75, 3.05) is 19.8 Å². The van der Waals surface area contributed by atoms with E-state index in [1.807, 2.05) is 18.2 Å². The van der Waals surface area contributed by atoms with Crippen LogP contribution in [-0.2, 0) is 16.0 Å². The molecule has 0 bridgehead atoms. The van der Waals surface area contributed by atoms with Gasteiger partial charge in [0.05, 0.1) is 0 Å². The van der Waals surface area contributed by atoms with Gasteiger partial charge in [0.1, 0.15) is 19.3 Å². The Kier molecular flexibility index (Phi) is 4.69. The molecule has 1 aromatic rings. The smallest absolute Gasteiger partial charge is 0.326 e. The fourth-order valence-electron chi connectivity index (χ4n) is 3.15. The van der Waals surface area contributed by atoms with Gasteiger partial charge >= 0.3 is 5.97 Å². The zero-order valence-electron chi connectivity index (χ0n) is 13.0. The molecule has 0 saturated carbocycles. The zero-order chi connectivity index (χ0) is 16.2. The van der Waals surface area contributed by atoms with Crippen molar-refractivity contribution in [1.82, 2.24) is 4.90 Å². The van der Waals surface area contributed by atoms with Crippen molar-refractivity contribution in [1.29, 1.82) is 0 Å². The summed E-state index contributed by atoms with van der Waals surface area (Å²) in [6, 6.07) is 5.19. The molecule has 1 saturated heterocycles. The molecule has 3 rings (SSSR count). The molecule has 2 aliphatic rings. The number of carboxylic acids is 1. The molecule has 1 amide bonds. The molecule has 1 unspecified atom stereocenters. The molecule has 0 aliphatic carbocycles. The van der Waals surface area contributed by atoms with E-state index in [4.69, 9.17) is 14.6 Å². The quantitative estimate of drug-likeness (QED) is 0.896. The average molecular weight is 319 g/mol. The molecule has 2 aliphatic heterocycles. The van der Waals surface area contributed by atoms with E-state index in [1.165, 1.54) is 4.90 Å². The fraction of sp³-hybridized carbons (Fsp3) is 0.529. The number of hydrogen-bond donors (Lipinski definition) is 1. The first-order valence-electron chi connectivity index (χ1n) is 8.06. The number of aryl methyl sites for hydroxylation is 1. The summed E-state index contributed by atoms with van der Waals surface area (Å²) in [4.78, 5) is 24.8. The lowest BCUT2D eigenvalue weighted by Crippen LogP contribution is -2.40. The van der Waals surface area contributed by atoms with Gasteiger partial charge in [-0.25, -0.2) is 4.79 Å². The second kappa shape index (κ2) is 6.89. The summed E-state index contributed by atoms with van der Waals surface area (Å²) in [7, 11) is 0. The van der Waals surface area contributed by atoms with Gasteiger partial charge < -0.3 is 19.5 Å². The number of carbonyl (C=O) groups is 2. The van der Waals surface area contributed by atoms with Crippen LogP contribution in [0.5, 0.6) is 11.5 Å². The van der Waals surface area contributed by atoms with Gasteiger partial charge in [-0.15, -0.1) is 0 Å². The summed E-state index contributed by atoms with van der Waals surface area (Å²) in [5.41, 5.74) is 1.10. The Labute approximate surface area is 135 Å². The SMILES string of the molecule is O=C(O)C1CCCN1C(=O)CCCc1ccc2c(c1)OCCO2. The number of hydrogen-bond acceptors (Lipinski definition) is 4. The van der Waals surface area contributed by atoms with E-state index in [-0.39, 0.29) is 5.91 Å². The van der Waals surface area contributed by atoms with E-state index in [0.717, 1.165) is 29.9 Å². The van der Waals surface area contributed by atoms with Gasteiger partial charge in [0.25, 0.3) is 0 Å². The third kappa shape index (κ3) is 3.57. The van der Waals surface area contributed by atoms with Crippen molar-refractivity contribution in [3.8, 4) is 11.5 Å². The van der Waals surface area contributed by atoms with Gasteiger partial charge in [-0.2, -0.15) is 0 Å². The lowest BCUT2D eigenvalue weighted by atomic mass is 10.1. The van der Waals surface area contributed by atoms with Crippen LogP contribution < -0.4 is 9.47 Å². The molecule has 0 spiro atoms. The van der Waals surface area contributed by atoms with Crippen LogP contribution in [0.2, 0.25) is 0 Å². The number of ether oxygens (including phenoxy) is 2. The van der Waals surface area contributed by atoms with Crippen LogP contribution >= 0.6 is 0 Å². The fourth-order valence-corrected chi connectivity index (χ4v) is 3.15. The van der Waals surface area contributed by atoms with Crippen LogP contribution in [-0.4, -0.2) is 47.7 Å². The Bertz CT molecular complexity index is 601. The number of amides is 1. The summed E-state index contributed by atoms with van der Waals surface area (Å²) >= 11 is 0. The molecule has 6 heteroatoms. The second-order valence-corrected chi connectivity index (χ2v) is 5.91. The minimum Gasteiger partial charge on any atom is -0.486 e. The third-order valence-electron chi connectivity index (χ3n) is 4.32.